The summed E-state index contributed by atoms with van der Waals surface area (Å²) in [7, 11) is 0. The van der Waals surface area contributed by atoms with Gasteiger partial charge < -0.3 is 10.6 Å². The summed E-state index contributed by atoms with van der Waals surface area (Å²) >= 11 is 6.11. The second kappa shape index (κ2) is 9.59. The number of hydrogen-bond donors (Lipinski definition) is 2. The van der Waals surface area contributed by atoms with Gasteiger partial charge in [-0.3, -0.25) is 9.59 Å². The van der Waals surface area contributed by atoms with Crippen LogP contribution in [0.5, 0.6) is 0 Å². The number of amides is 2. The minimum absolute atomic E-state index is 0.121. The standard InChI is InChI=1S/C23H25ClN4O2/c1-15(2)21(27-22(29)18-9-4-5-10-19(18)24)23(30)26-20-11-12-25-28(20)14-17-8-6-7-16(3)13-17/h4-13,15,21H,14H2,1-3H3,(H,26,30)(H,27,29). The lowest BCUT2D eigenvalue weighted by atomic mass is 10.0. The summed E-state index contributed by atoms with van der Waals surface area (Å²) in [6, 6.07) is 15.9. The predicted molar refractivity (Wildman–Crippen MR) is 119 cm³/mol. The zero-order valence-corrected chi connectivity index (χ0v) is 18.0. The van der Waals surface area contributed by atoms with Crippen molar-refractivity contribution >= 4 is 29.2 Å². The molecule has 1 atom stereocenters. The van der Waals surface area contributed by atoms with E-state index in [1.165, 1.54) is 0 Å². The number of hydrogen-bond acceptors (Lipinski definition) is 3. The fraction of sp³-hybridized carbons (Fsp3) is 0.261. The monoisotopic (exact) mass is 424 g/mol. The van der Waals surface area contributed by atoms with E-state index in [0.29, 0.717) is 22.9 Å². The van der Waals surface area contributed by atoms with E-state index in [1.54, 1.807) is 41.2 Å². The zero-order chi connectivity index (χ0) is 21.7. The average Bonchev–Trinajstić information content (AvgIpc) is 3.12. The summed E-state index contributed by atoms with van der Waals surface area (Å²) in [5.41, 5.74) is 2.58. The summed E-state index contributed by atoms with van der Waals surface area (Å²) in [5, 5.41) is 10.3. The molecule has 0 radical (unpaired) electrons. The van der Waals surface area contributed by atoms with Crippen molar-refractivity contribution in [2.24, 2.45) is 5.92 Å². The Morgan fingerprint density at radius 2 is 1.87 bits per heavy atom. The van der Waals surface area contributed by atoms with Crippen molar-refractivity contribution in [1.29, 1.82) is 0 Å². The molecule has 0 aliphatic heterocycles. The molecule has 0 saturated heterocycles. The summed E-state index contributed by atoms with van der Waals surface area (Å²) in [5.74, 6) is -0.247. The van der Waals surface area contributed by atoms with Crippen LogP contribution in [0.25, 0.3) is 0 Å². The van der Waals surface area contributed by atoms with E-state index in [0.717, 1.165) is 11.1 Å². The number of aryl methyl sites for hydroxylation is 1. The highest BCUT2D eigenvalue weighted by atomic mass is 35.5. The van der Waals surface area contributed by atoms with Gasteiger partial charge >= 0.3 is 0 Å². The highest BCUT2D eigenvalue weighted by Gasteiger charge is 2.26. The van der Waals surface area contributed by atoms with Crippen LogP contribution in [0.2, 0.25) is 5.02 Å². The minimum Gasteiger partial charge on any atom is -0.340 e. The van der Waals surface area contributed by atoms with Gasteiger partial charge in [-0.15, -0.1) is 0 Å². The topological polar surface area (TPSA) is 76.0 Å². The molecular formula is C23H25ClN4O2. The third-order valence-electron chi connectivity index (χ3n) is 4.74. The molecule has 0 fully saturated rings. The summed E-state index contributed by atoms with van der Waals surface area (Å²) in [6.45, 7) is 6.31. The van der Waals surface area contributed by atoms with Crippen molar-refractivity contribution in [3.8, 4) is 0 Å². The van der Waals surface area contributed by atoms with Crippen LogP contribution in [0.4, 0.5) is 5.82 Å². The second-order valence-corrected chi connectivity index (χ2v) is 7.93. The van der Waals surface area contributed by atoms with Gasteiger partial charge in [0.05, 0.1) is 23.3 Å². The maximum Gasteiger partial charge on any atom is 0.253 e. The number of carbonyl (C=O) groups is 2. The molecule has 7 heteroatoms. The van der Waals surface area contributed by atoms with E-state index in [4.69, 9.17) is 11.6 Å². The Bertz CT molecular complexity index is 1040. The molecule has 1 unspecified atom stereocenters. The molecule has 2 aromatic carbocycles. The molecular weight excluding hydrogens is 400 g/mol. The normalized spacial score (nSPS) is 11.9. The van der Waals surface area contributed by atoms with Gasteiger partial charge in [-0.1, -0.05) is 67.4 Å². The van der Waals surface area contributed by atoms with E-state index in [9.17, 15) is 9.59 Å². The van der Waals surface area contributed by atoms with Gasteiger partial charge in [0.2, 0.25) is 5.91 Å². The van der Waals surface area contributed by atoms with Crippen molar-refractivity contribution in [3.63, 3.8) is 0 Å². The first-order valence-corrected chi connectivity index (χ1v) is 10.2. The van der Waals surface area contributed by atoms with Crippen LogP contribution in [0.15, 0.2) is 60.8 Å². The van der Waals surface area contributed by atoms with Gasteiger partial charge in [0.15, 0.2) is 0 Å². The molecule has 1 heterocycles. The number of carbonyl (C=O) groups excluding carboxylic acids is 2. The first-order chi connectivity index (χ1) is 14.3. The maximum absolute atomic E-state index is 13.0. The van der Waals surface area contributed by atoms with Crippen LogP contribution in [-0.4, -0.2) is 27.6 Å². The highest BCUT2D eigenvalue weighted by Crippen LogP contribution is 2.17. The zero-order valence-electron chi connectivity index (χ0n) is 17.2. The van der Waals surface area contributed by atoms with Crippen LogP contribution in [-0.2, 0) is 11.3 Å². The number of anilines is 1. The van der Waals surface area contributed by atoms with Crippen molar-refractivity contribution in [1.82, 2.24) is 15.1 Å². The van der Waals surface area contributed by atoms with Gasteiger partial charge in [0, 0.05) is 6.07 Å². The minimum atomic E-state index is -0.726. The molecule has 0 bridgehead atoms. The number of benzene rings is 2. The Labute approximate surface area is 181 Å². The summed E-state index contributed by atoms with van der Waals surface area (Å²) in [6.07, 6.45) is 1.64. The first kappa shape index (κ1) is 21.6. The number of aromatic nitrogens is 2. The Balaban J connectivity index is 1.72. The van der Waals surface area contributed by atoms with E-state index in [-0.39, 0.29) is 17.7 Å². The fourth-order valence-corrected chi connectivity index (χ4v) is 3.37. The van der Waals surface area contributed by atoms with Gasteiger partial charge in [-0.2, -0.15) is 5.10 Å². The van der Waals surface area contributed by atoms with Crippen LogP contribution < -0.4 is 10.6 Å². The van der Waals surface area contributed by atoms with Gasteiger partial charge in [-0.25, -0.2) is 4.68 Å². The summed E-state index contributed by atoms with van der Waals surface area (Å²) < 4.78 is 1.72. The van der Waals surface area contributed by atoms with E-state index < -0.39 is 6.04 Å². The number of rotatable bonds is 7. The Morgan fingerprint density at radius 1 is 1.10 bits per heavy atom. The SMILES string of the molecule is Cc1cccc(Cn2nccc2NC(=O)C(NC(=O)c2ccccc2Cl)C(C)C)c1. The number of nitrogens with one attached hydrogen (secondary N) is 2. The van der Waals surface area contributed by atoms with Gasteiger partial charge in [-0.05, 0) is 30.5 Å². The predicted octanol–water partition coefficient (Wildman–Crippen LogP) is 4.29. The Hall–Kier alpha value is -3.12. The molecule has 1 aromatic heterocycles. The molecule has 30 heavy (non-hydrogen) atoms. The third-order valence-corrected chi connectivity index (χ3v) is 5.07. The molecule has 0 spiro atoms. The molecule has 2 amide bonds. The largest absolute Gasteiger partial charge is 0.340 e. The second-order valence-electron chi connectivity index (χ2n) is 7.53. The lowest BCUT2D eigenvalue weighted by Gasteiger charge is -2.22. The van der Waals surface area contributed by atoms with Gasteiger partial charge in [0.25, 0.3) is 5.91 Å². The van der Waals surface area contributed by atoms with E-state index in [2.05, 4.69) is 21.8 Å². The lowest BCUT2D eigenvalue weighted by Crippen LogP contribution is -2.47. The number of nitrogens with zero attached hydrogens (tertiary/aromatic N) is 2. The molecule has 2 N–H and O–H groups in total. The molecule has 0 aliphatic rings. The Morgan fingerprint density at radius 3 is 2.57 bits per heavy atom. The average molecular weight is 425 g/mol. The molecule has 156 valence electrons. The smallest absolute Gasteiger partial charge is 0.253 e. The highest BCUT2D eigenvalue weighted by molar-refractivity contribution is 6.33. The Kier molecular flexibility index (Phi) is 6.90. The van der Waals surface area contributed by atoms with Crippen LogP contribution in [0.3, 0.4) is 0 Å². The molecule has 3 aromatic rings. The van der Waals surface area contributed by atoms with Crippen LogP contribution in [0.1, 0.15) is 35.3 Å². The van der Waals surface area contributed by atoms with Crippen molar-refractivity contribution in [3.05, 3.63) is 82.5 Å². The molecule has 0 saturated carbocycles. The molecule has 6 nitrogen and oxygen atoms in total. The van der Waals surface area contributed by atoms with Crippen molar-refractivity contribution in [2.75, 3.05) is 5.32 Å². The quantitative estimate of drug-likeness (QED) is 0.594. The number of halogens is 1. The molecule has 0 aliphatic carbocycles. The van der Waals surface area contributed by atoms with Crippen molar-refractivity contribution < 1.29 is 9.59 Å². The van der Waals surface area contributed by atoms with Crippen molar-refractivity contribution in [2.45, 2.75) is 33.4 Å². The van der Waals surface area contributed by atoms with E-state index >= 15 is 0 Å². The van der Waals surface area contributed by atoms with E-state index in [1.807, 2.05) is 39.0 Å². The fourth-order valence-electron chi connectivity index (χ4n) is 3.15. The third kappa shape index (κ3) is 5.27. The lowest BCUT2D eigenvalue weighted by molar-refractivity contribution is -0.118. The van der Waals surface area contributed by atoms with Crippen LogP contribution in [0, 0.1) is 12.8 Å². The molecule has 3 rings (SSSR count). The maximum atomic E-state index is 13.0. The van der Waals surface area contributed by atoms with Gasteiger partial charge in [0.1, 0.15) is 11.9 Å². The summed E-state index contributed by atoms with van der Waals surface area (Å²) in [4.78, 5) is 25.6. The van der Waals surface area contributed by atoms with Crippen LogP contribution >= 0.6 is 11.6 Å². The first-order valence-electron chi connectivity index (χ1n) is 9.78.